The standard InChI is InChI=1S/C13H28N4O2/c1-7-8-15-10(14)16-9-13(5,6)17-11(18)19-12(2,3)4/h7-9H2,1-6H3,(H,17,18)(H3,14,15,16). The number of amides is 1. The van der Waals surface area contributed by atoms with Gasteiger partial charge in [-0.25, -0.2) is 4.79 Å². The van der Waals surface area contributed by atoms with Crippen molar-refractivity contribution >= 4 is 12.1 Å². The van der Waals surface area contributed by atoms with Crippen LogP contribution < -0.4 is 16.4 Å². The molecule has 0 aliphatic heterocycles. The topological polar surface area (TPSA) is 88.7 Å². The molecule has 0 bridgehead atoms. The summed E-state index contributed by atoms with van der Waals surface area (Å²) in [6, 6.07) is 0. The normalized spacial score (nSPS) is 13.1. The van der Waals surface area contributed by atoms with Gasteiger partial charge in [0.1, 0.15) is 5.60 Å². The molecule has 0 unspecified atom stereocenters. The number of carbonyl (C=O) groups is 1. The Morgan fingerprint density at radius 3 is 2.32 bits per heavy atom. The molecule has 0 atom stereocenters. The molecule has 0 heterocycles. The minimum Gasteiger partial charge on any atom is -0.444 e. The molecule has 0 aliphatic carbocycles. The Balaban J connectivity index is 4.28. The van der Waals surface area contributed by atoms with E-state index in [0.29, 0.717) is 12.5 Å². The smallest absolute Gasteiger partial charge is 0.408 e. The van der Waals surface area contributed by atoms with Gasteiger partial charge in [0, 0.05) is 6.54 Å². The number of hydrogen-bond acceptors (Lipinski definition) is 3. The first kappa shape index (κ1) is 17.5. The van der Waals surface area contributed by atoms with E-state index in [0.717, 1.165) is 13.0 Å². The lowest BCUT2D eigenvalue weighted by atomic mass is 10.1. The van der Waals surface area contributed by atoms with Crippen molar-refractivity contribution in [2.45, 2.75) is 59.1 Å². The second kappa shape index (κ2) is 7.21. The molecule has 112 valence electrons. The van der Waals surface area contributed by atoms with Gasteiger partial charge in [0.25, 0.3) is 0 Å². The fraction of sp³-hybridized carbons (Fsp3) is 0.846. The first-order valence-electron chi connectivity index (χ1n) is 6.61. The molecule has 0 aliphatic rings. The van der Waals surface area contributed by atoms with Crippen molar-refractivity contribution in [2.24, 2.45) is 10.7 Å². The van der Waals surface area contributed by atoms with E-state index in [1.54, 1.807) is 0 Å². The summed E-state index contributed by atoms with van der Waals surface area (Å²) in [5.41, 5.74) is 4.67. The van der Waals surface area contributed by atoms with Gasteiger partial charge in [-0.05, 0) is 41.0 Å². The number of alkyl carbamates (subject to hydrolysis) is 1. The van der Waals surface area contributed by atoms with Crippen molar-refractivity contribution in [1.82, 2.24) is 10.6 Å². The quantitative estimate of drug-likeness (QED) is 0.524. The Morgan fingerprint density at radius 2 is 1.84 bits per heavy atom. The monoisotopic (exact) mass is 272 g/mol. The van der Waals surface area contributed by atoms with Gasteiger partial charge in [-0.3, -0.25) is 4.99 Å². The van der Waals surface area contributed by atoms with E-state index in [-0.39, 0.29) is 0 Å². The van der Waals surface area contributed by atoms with Crippen molar-refractivity contribution in [3.63, 3.8) is 0 Å². The lowest BCUT2D eigenvalue weighted by molar-refractivity contribution is 0.0476. The van der Waals surface area contributed by atoms with E-state index < -0.39 is 17.2 Å². The van der Waals surface area contributed by atoms with Crippen LogP contribution in [0.15, 0.2) is 4.99 Å². The van der Waals surface area contributed by atoms with Crippen LogP contribution in [0, 0.1) is 0 Å². The fourth-order valence-corrected chi connectivity index (χ4v) is 1.21. The van der Waals surface area contributed by atoms with E-state index >= 15 is 0 Å². The lowest BCUT2D eigenvalue weighted by Crippen LogP contribution is -2.48. The molecule has 4 N–H and O–H groups in total. The SMILES string of the molecule is CCCNC(N)=NCC(C)(C)NC(=O)OC(C)(C)C. The average molecular weight is 272 g/mol. The predicted molar refractivity (Wildman–Crippen MR) is 78.2 cm³/mol. The molecule has 0 fully saturated rings. The third kappa shape index (κ3) is 10.2. The van der Waals surface area contributed by atoms with Gasteiger partial charge in [-0.1, -0.05) is 6.92 Å². The third-order valence-electron chi connectivity index (χ3n) is 2.04. The maximum atomic E-state index is 11.7. The van der Waals surface area contributed by atoms with Crippen LogP contribution in [0.1, 0.15) is 48.0 Å². The Hall–Kier alpha value is -1.46. The second-order valence-electron chi connectivity index (χ2n) is 6.14. The van der Waals surface area contributed by atoms with Crippen molar-refractivity contribution in [1.29, 1.82) is 0 Å². The summed E-state index contributed by atoms with van der Waals surface area (Å²) in [5.74, 6) is 0.390. The number of hydrogen-bond donors (Lipinski definition) is 3. The summed E-state index contributed by atoms with van der Waals surface area (Å²) >= 11 is 0. The van der Waals surface area contributed by atoms with Gasteiger partial charge >= 0.3 is 6.09 Å². The van der Waals surface area contributed by atoms with E-state index in [1.807, 2.05) is 41.5 Å². The lowest BCUT2D eigenvalue weighted by Gasteiger charge is -2.27. The molecule has 6 nitrogen and oxygen atoms in total. The molecule has 0 radical (unpaired) electrons. The number of nitrogens with two attached hydrogens (primary N) is 1. The van der Waals surface area contributed by atoms with Crippen LogP contribution in [-0.4, -0.2) is 36.3 Å². The molecule has 0 aromatic rings. The van der Waals surface area contributed by atoms with E-state index in [4.69, 9.17) is 10.5 Å². The summed E-state index contributed by atoms with van der Waals surface area (Å²) in [5, 5.41) is 5.75. The molecule has 1 amide bonds. The van der Waals surface area contributed by atoms with Crippen molar-refractivity contribution < 1.29 is 9.53 Å². The molecular formula is C13H28N4O2. The molecule has 0 aromatic carbocycles. The summed E-state index contributed by atoms with van der Waals surface area (Å²) in [4.78, 5) is 15.9. The summed E-state index contributed by atoms with van der Waals surface area (Å²) in [7, 11) is 0. The maximum absolute atomic E-state index is 11.7. The number of rotatable bonds is 5. The zero-order valence-corrected chi connectivity index (χ0v) is 13.0. The summed E-state index contributed by atoms with van der Waals surface area (Å²) in [6.07, 6.45) is 0.531. The van der Waals surface area contributed by atoms with E-state index in [1.165, 1.54) is 0 Å². The number of guanidine groups is 1. The number of nitrogens with one attached hydrogen (secondary N) is 2. The van der Waals surface area contributed by atoms with Crippen molar-refractivity contribution in [3.05, 3.63) is 0 Å². The van der Waals surface area contributed by atoms with Crippen molar-refractivity contribution in [2.75, 3.05) is 13.1 Å². The van der Waals surface area contributed by atoms with Gasteiger partial charge < -0.3 is 21.1 Å². The van der Waals surface area contributed by atoms with E-state index in [2.05, 4.69) is 15.6 Å². The van der Waals surface area contributed by atoms with Crippen LogP contribution in [0.3, 0.4) is 0 Å². The van der Waals surface area contributed by atoms with Crippen LogP contribution in [-0.2, 0) is 4.74 Å². The van der Waals surface area contributed by atoms with Crippen LogP contribution >= 0.6 is 0 Å². The molecule has 0 saturated carbocycles. The molecule has 0 saturated heterocycles. The highest BCUT2D eigenvalue weighted by Gasteiger charge is 2.24. The molecule has 0 spiro atoms. The maximum Gasteiger partial charge on any atom is 0.408 e. The molecule has 19 heavy (non-hydrogen) atoms. The van der Waals surface area contributed by atoms with Gasteiger partial charge in [-0.2, -0.15) is 0 Å². The van der Waals surface area contributed by atoms with Crippen LogP contribution in [0.5, 0.6) is 0 Å². The van der Waals surface area contributed by atoms with Crippen molar-refractivity contribution in [3.8, 4) is 0 Å². The third-order valence-corrected chi connectivity index (χ3v) is 2.04. The Labute approximate surface area is 116 Å². The van der Waals surface area contributed by atoms with Gasteiger partial charge in [0.05, 0.1) is 12.1 Å². The van der Waals surface area contributed by atoms with E-state index in [9.17, 15) is 4.79 Å². The van der Waals surface area contributed by atoms with Gasteiger partial charge in [0.2, 0.25) is 0 Å². The molecule has 0 aromatic heterocycles. The Bertz CT molecular complexity index is 319. The minimum atomic E-state index is -0.513. The molecule has 6 heteroatoms. The Kier molecular flexibility index (Phi) is 6.65. The molecule has 0 rings (SSSR count). The van der Waals surface area contributed by atoms with Crippen LogP contribution in [0.2, 0.25) is 0 Å². The Morgan fingerprint density at radius 1 is 1.26 bits per heavy atom. The van der Waals surface area contributed by atoms with Gasteiger partial charge in [-0.15, -0.1) is 0 Å². The highest BCUT2D eigenvalue weighted by molar-refractivity contribution is 5.77. The largest absolute Gasteiger partial charge is 0.444 e. The first-order chi connectivity index (χ1) is 8.56. The highest BCUT2D eigenvalue weighted by atomic mass is 16.6. The highest BCUT2D eigenvalue weighted by Crippen LogP contribution is 2.09. The minimum absolute atomic E-state index is 0.384. The summed E-state index contributed by atoms with van der Waals surface area (Å²) in [6.45, 7) is 12.4. The fourth-order valence-electron chi connectivity index (χ4n) is 1.21. The molecular weight excluding hydrogens is 244 g/mol. The first-order valence-corrected chi connectivity index (χ1v) is 6.61. The number of nitrogens with zero attached hydrogens (tertiary/aromatic N) is 1. The zero-order valence-electron chi connectivity index (χ0n) is 13.0. The van der Waals surface area contributed by atoms with Gasteiger partial charge in [0.15, 0.2) is 5.96 Å². The summed E-state index contributed by atoms with van der Waals surface area (Å²) < 4.78 is 5.20. The second-order valence-corrected chi connectivity index (χ2v) is 6.14. The average Bonchev–Trinajstić information content (AvgIpc) is 2.20. The number of ether oxygens (including phenoxy) is 1. The zero-order chi connectivity index (χ0) is 15.1. The van der Waals surface area contributed by atoms with Crippen LogP contribution in [0.25, 0.3) is 0 Å². The predicted octanol–water partition coefficient (Wildman–Crippen LogP) is 1.60. The number of carbonyl (C=O) groups excluding carboxylic acids is 1. The number of aliphatic imine (C=N–C) groups is 1. The van der Waals surface area contributed by atoms with Crippen LogP contribution in [0.4, 0.5) is 4.79 Å².